The van der Waals surface area contributed by atoms with Gasteiger partial charge in [-0.05, 0) is 43.4 Å². The van der Waals surface area contributed by atoms with E-state index in [4.69, 9.17) is 4.98 Å². The van der Waals surface area contributed by atoms with Gasteiger partial charge in [0.15, 0.2) is 5.82 Å². The van der Waals surface area contributed by atoms with Crippen LogP contribution in [0.3, 0.4) is 0 Å². The van der Waals surface area contributed by atoms with E-state index in [9.17, 15) is 4.79 Å². The Balaban J connectivity index is 1.47. The fraction of sp³-hybridized carbons (Fsp3) is 0.500. The van der Waals surface area contributed by atoms with Crippen molar-refractivity contribution in [3.63, 3.8) is 0 Å². The third-order valence-electron chi connectivity index (χ3n) is 5.95. The summed E-state index contributed by atoms with van der Waals surface area (Å²) >= 11 is 0. The fourth-order valence-corrected chi connectivity index (χ4v) is 4.57. The zero-order chi connectivity index (χ0) is 19.1. The first-order valence-electron chi connectivity index (χ1n) is 10.1. The monoisotopic (exact) mass is 379 g/mol. The molecule has 5 rings (SSSR count). The summed E-state index contributed by atoms with van der Waals surface area (Å²) in [5, 5.41) is 2.91. The number of amides is 2. The Labute approximate surface area is 164 Å². The zero-order valence-electron chi connectivity index (χ0n) is 16.1. The zero-order valence-corrected chi connectivity index (χ0v) is 16.1. The Morgan fingerprint density at radius 1 is 1.14 bits per heavy atom. The van der Waals surface area contributed by atoms with Crippen LogP contribution >= 0.6 is 0 Å². The Kier molecular flexibility index (Phi) is 4.26. The van der Waals surface area contributed by atoms with Crippen molar-refractivity contribution in [3.05, 3.63) is 30.7 Å². The first-order chi connectivity index (χ1) is 13.7. The molecule has 2 atom stereocenters. The number of urea groups is 1. The number of piperidine rings is 1. The number of hydrogen-bond acceptors (Lipinski definition) is 6. The van der Waals surface area contributed by atoms with Gasteiger partial charge in [-0.1, -0.05) is 6.92 Å². The van der Waals surface area contributed by atoms with Crippen molar-refractivity contribution in [1.29, 1.82) is 0 Å². The molecule has 2 aromatic rings. The lowest BCUT2D eigenvalue weighted by Gasteiger charge is -2.37. The smallest absolute Gasteiger partial charge is 0.329 e. The van der Waals surface area contributed by atoms with Crippen LogP contribution in [-0.2, 0) is 0 Å². The molecule has 0 spiro atoms. The van der Waals surface area contributed by atoms with E-state index < -0.39 is 0 Å². The van der Waals surface area contributed by atoms with E-state index in [0.29, 0.717) is 11.7 Å². The molecule has 5 heterocycles. The molecule has 2 bridgehead atoms. The van der Waals surface area contributed by atoms with Gasteiger partial charge in [-0.15, -0.1) is 0 Å². The molecule has 0 aromatic carbocycles. The second-order valence-electron chi connectivity index (χ2n) is 7.99. The van der Waals surface area contributed by atoms with Crippen molar-refractivity contribution in [2.45, 2.75) is 32.2 Å². The molecule has 2 saturated heterocycles. The summed E-state index contributed by atoms with van der Waals surface area (Å²) in [5.41, 5.74) is 1.04. The molecule has 0 radical (unpaired) electrons. The van der Waals surface area contributed by atoms with E-state index in [1.807, 2.05) is 4.90 Å². The maximum absolute atomic E-state index is 13.1. The van der Waals surface area contributed by atoms with Crippen LogP contribution in [0.4, 0.5) is 27.9 Å². The second kappa shape index (κ2) is 6.92. The number of anilines is 4. The number of carbonyl (C=O) groups is 1. The summed E-state index contributed by atoms with van der Waals surface area (Å²) in [7, 11) is 0. The average molecular weight is 379 g/mol. The molecule has 2 aromatic heterocycles. The summed E-state index contributed by atoms with van der Waals surface area (Å²) in [4.78, 5) is 32.7. The van der Waals surface area contributed by atoms with E-state index in [-0.39, 0.29) is 12.1 Å². The molecule has 2 fully saturated rings. The number of nitrogens with zero attached hydrogens (tertiary/aromatic N) is 6. The minimum absolute atomic E-state index is 0.136. The van der Waals surface area contributed by atoms with Crippen LogP contribution in [0.5, 0.6) is 0 Å². The van der Waals surface area contributed by atoms with Crippen molar-refractivity contribution in [2.75, 3.05) is 46.2 Å². The third kappa shape index (κ3) is 3.02. The normalized spacial score (nSPS) is 23.5. The molecule has 146 valence electrons. The maximum atomic E-state index is 13.1. The van der Waals surface area contributed by atoms with Gasteiger partial charge >= 0.3 is 6.03 Å². The Hall–Kier alpha value is -2.90. The van der Waals surface area contributed by atoms with Crippen LogP contribution in [-0.4, -0.2) is 53.2 Å². The minimum atomic E-state index is -0.178. The highest BCUT2D eigenvalue weighted by molar-refractivity contribution is 6.04. The number of aromatic nitrogens is 3. The minimum Gasteiger partial charge on any atom is -0.366 e. The Morgan fingerprint density at radius 2 is 2.07 bits per heavy atom. The number of rotatable bonds is 2. The Morgan fingerprint density at radius 3 is 2.89 bits per heavy atom. The number of nitrogens with one attached hydrogen (secondary N) is 1. The van der Waals surface area contributed by atoms with Gasteiger partial charge in [0, 0.05) is 32.4 Å². The van der Waals surface area contributed by atoms with Crippen molar-refractivity contribution in [2.24, 2.45) is 5.92 Å². The molecule has 1 N–H and O–H groups in total. The predicted octanol–water partition coefficient (Wildman–Crippen LogP) is 2.74. The molecule has 8 nitrogen and oxygen atoms in total. The van der Waals surface area contributed by atoms with Crippen molar-refractivity contribution in [1.82, 2.24) is 15.0 Å². The van der Waals surface area contributed by atoms with Crippen molar-refractivity contribution < 1.29 is 4.79 Å². The van der Waals surface area contributed by atoms with E-state index in [1.165, 1.54) is 19.2 Å². The lowest BCUT2D eigenvalue weighted by molar-refractivity contribution is 0.254. The molecule has 3 aliphatic heterocycles. The Bertz CT molecular complexity index is 874. The molecule has 8 heteroatoms. The first-order valence-corrected chi connectivity index (χ1v) is 10.1. The van der Waals surface area contributed by atoms with Gasteiger partial charge in [0.1, 0.15) is 18.0 Å². The van der Waals surface area contributed by atoms with E-state index >= 15 is 0 Å². The second-order valence-corrected chi connectivity index (χ2v) is 7.99. The lowest BCUT2D eigenvalue weighted by Crippen LogP contribution is -2.48. The van der Waals surface area contributed by atoms with Gasteiger partial charge in [-0.25, -0.2) is 19.7 Å². The van der Waals surface area contributed by atoms with E-state index in [0.717, 1.165) is 49.9 Å². The predicted molar refractivity (Wildman–Crippen MR) is 109 cm³/mol. The largest absolute Gasteiger partial charge is 0.366 e. The standard InChI is InChI=1S/C20H25N7O/c1-14-3-2-9-26(11-14)18-5-4-16-19(24-18)27(15-7-10-25(16)12-15)20(28)23-17-6-8-21-13-22-17/h4-6,8,13-15H,2-3,7,9-12H2,1H3,(H,21,22,23,28)/t14?,15-/m0/s1. The highest BCUT2D eigenvalue weighted by atomic mass is 16.2. The van der Waals surface area contributed by atoms with Crippen LogP contribution in [0, 0.1) is 5.92 Å². The number of hydrogen-bond donors (Lipinski definition) is 1. The number of carbonyl (C=O) groups excluding carboxylic acids is 1. The summed E-state index contributed by atoms with van der Waals surface area (Å²) in [6.07, 6.45) is 6.46. The summed E-state index contributed by atoms with van der Waals surface area (Å²) in [5.74, 6) is 2.90. The molecule has 1 unspecified atom stereocenters. The van der Waals surface area contributed by atoms with Crippen LogP contribution in [0.15, 0.2) is 30.7 Å². The van der Waals surface area contributed by atoms with Gasteiger partial charge in [0.05, 0.1) is 11.7 Å². The number of pyridine rings is 1. The van der Waals surface area contributed by atoms with Gasteiger partial charge in [-0.3, -0.25) is 10.2 Å². The van der Waals surface area contributed by atoms with E-state index in [2.05, 4.69) is 44.1 Å². The third-order valence-corrected chi connectivity index (χ3v) is 5.95. The van der Waals surface area contributed by atoms with Gasteiger partial charge < -0.3 is 9.80 Å². The van der Waals surface area contributed by atoms with Crippen LogP contribution < -0.4 is 20.0 Å². The van der Waals surface area contributed by atoms with Crippen molar-refractivity contribution >= 4 is 29.2 Å². The molecular weight excluding hydrogens is 354 g/mol. The molecule has 0 saturated carbocycles. The molecule has 3 aliphatic rings. The highest BCUT2D eigenvalue weighted by Crippen LogP contribution is 2.40. The summed E-state index contributed by atoms with van der Waals surface area (Å²) < 4.78 is 0. The number of fused-ring (bicyclic) bond motifs is 4. The van der Waals surface area contributed by atoms with Gasteiger partial charge in [-0.2, -0.15) is 0 Å². The van der Waals surface area contributed by atoms with E-state index in [1.54, 1.807) is 12.3 Å². The van der Waals surface area contributed by atoms with Crippen LogP contribution in [0.2, 0.25) is 0 Å². The highest BCUT2D eigenvalue weighted by Gasteiger charge is 2.40. The van der Waals surface area contributed by atoms with Gasteiger partial charge in [0.2, 0.25) is 0 Å². The topological polar surface area (TPSA) is 77.5 Å². The quantitative estimate of drug-likeness (QED) is 0.865. The average Bonchev–Trinajstić information content (AvgIpc) is 3.13. The SMILES string of the molecule is CC1CCCN(c2ccc3c(n2)N(C(=O)Nc2ccncn2)[C@H]2CCN3C2)C1. The lowest BCUT2D eigenvalue weighted by atomic mass is 10.0. The summed E-state index contributed by atoms with van der Waals surface area (Å²) in [6.45, 7) is 6.14. The molecule has 2 amide bonds. The fourth-order valence-electron chi connectivity index (χ4n) is 4.57. The molecule has 28 heavy (non-hydrogen) atoms. The molecule has 0 aliphatic carbocycles. The molecular formula is C20H25N7O. The summed E-state index contributed by atoms with van der Waals surface area (Å²) in [6, 6.07) is 5.89. The first kappa shape index (κ1) is 17.2. The van der Waals surface area contributed by atoms with Crippen molar-refractivity contribution in [3.8, 4) is 0 Å². The van der Waals surface area contributed by atoms with Gasteiger partial charge in [0.25, 0.3) is 0 Å². The van der Waals surface area contributed by atoms with Crippen LogP contribution in [0.25, 0.3) is 0 Å². The van der Waals surface area contributed by atoms with Crippen LogP contribution in [0.1, 0.15) is 26.2 Å². The maximum Gasteiger partial charge on any atom is 0.329 e.